The van der Waals surface area contributed by atoms with Crippen molar-refractivity contribution in [3.8, 4) is 0 Å². The van der Waals surface area contributed by atoms with Gasteiger partial charge in [0.2, 0.25) is 0 Å². The lowest BCUT2D eigenvalue weighted by Crippen LogP contribution is -2.30. The third-order valence-electron chi connectivity index (χ3n) is 4.46. The number of nitrogens with zero attached hydrogens (tertiary/aromatic N) is 2. The van der Waals surface area contributed by atoms with Crippen molar-refractivity contribution < 1.29 is 13.6 Å². The largest absolute Gasteiger partial charge is 0.467 e. The van der Waals surface area contributed by atoms with E-state index in [2.05, 4.69) is 4.98 Å². The molecule has 2 aromatic heterocycles. The van der Waals surface area contributed by atoms with E-state index in [1.54, 1.807) is 23.3 Å². The molecule has 136 valence electrons. The third-order valence-corrected chi connectivity index (χ3v) is 5.50. The predicted molar refractivity (Wildman–Crippen MR) is 105 cm³/mol. The molecule has 4 nitrogen and oxygen atoms in total. The predicted octanol–water partition coefficient (Wildman–Crippen LogP) is 5.49. The Morgan fingerprint density at radius 2 is 2.00 bits per heavy atom. The average Bonchev–Trinajstić information content (AvgIpc) is 3.30. The van der Waals surface area contributed by atoms with E-state index in [-0.39, 0.29) is 18.3 Å². The fraction of sp³-hybridized carbons (Fsp3) is 0.143. The number of rotatable bonds is 4. The van der Waals surface area contributed by atoms with Crippen molar-refractivity contribution in [3.05, 3.63) is 83.1 Å². The van der Waals surface area contributed by atoms with Crippen LogP contribution in [0.5, 0.6) is 0 Å². The summed E-state index contributed by atoms with van der Waals surface area (Å²) in [5.41, 5.74) is 3.41. The van der Waals surface area contributed by atoms with Gasteiger partial charge in [0.25, 0.3) is 5.91 Å². The quantitative estimate of drug-likeness (QED) is 0.470. The Morgan fingerprint density at radius 3 is 2.74 bits per heavy atom. The maximum Gasteiger partial charge on any atom is 0.260 e. The number of aromatic nitrogens is 1. The normalized spacial score (nSPS) is 11.1. The molecule has 0 aliphatic rings. The fourth-order valence-electron chi connectivity index (χ4n) is 2.82. The van der Waals surface area contributed by atoms with Crippen molar-refractivity contribution in [1.29, 1.82) is 0 Å². The van der Waals surface area contributed by atoms with Crippen molar-refractivity contribution in [1.82, 2.24) is 4.98 Å². The van der Waals surface area contributed by atoms with Crippen LogP contribution in [0.2, 0.25) is 0 Å². The minimum absolute atomic E-state index is 0.172. The van der Waals surface area contributed by atoms with Gasteiger partial charge in [0.1, 0.15) is 11.6 Å². The molecular formula is C21H17FN2O2S. The van der Waals surface area contributed by atoms with E-state index in [0.717, 1.165) is 11.1 Å². The molecule has 0 saturated carbocycles. The Hall–Kier alpha value is -2.99. The van der Waals surface area contributed by atoms with Gasteiger partial charge in [-0.3, -0.25) is 9.69 Å². The first-order valence-corrected chi connectivity index (χ1v) is 9.30. The number of hydrogen-bond donors (Lipinski definition) is 0. The van der Waals surface area contributed by atoms with E-state index >= 15 is 0 Å². The smallest absolute Gasteiger partial charge is 0.260 e. The Kier molecular flexibility index (Phi) is 4.49. The van der Waals surface area contributed by atoms with Gasteiger partial charge in [-0.25, -0.2) is 9.37 Å². The van der Waals surface area contributed by atoms with Gasteiger partial charge in [-0.05, 0) is 67.4 Å². The maximum atomic E-state index is 13.5. The van der Waals surface area contributed by atoms with Gasteiger partial charge in [-0.15, -0.1) is 0 Å². The van der Waals surface area contributed by atoms with E-state index in [4.69, 9.17) is 4.42 Å². The molecule has 2 aromatic carbocycles. The Labute approximate surface area is 159 Å². The number of hydrogen-bond acceptors (Lipinski definition) is 4. The van der Waals surface area contributed by atoms with E-state index < -0.39 is 0 Å². The summed E-state index contributed by atoms with van der Waals surface area (Å²) in [7, 11) is 0. The molecule has 0 fully saturated rings. The Bertz CT molecular complexity index is 1120. The van der Waals surface area contributed by atoms with Gasteiger partial charge in [0.05, 0.1) is 23.0 Å². The van der Waals surface area contributed by atoms with Crippen molar-refractivity contribution >= 4 is 32.6 Å². The highest BCUT2D eigenvalue weighted by molar-refractivity contribution is 7.22. The average molecular weight is 380 g/mol. The number of aryl methyl sites for hydroxylation is 2. The third kappa shape index (κ3) is 3.48. The van der Waals surface area contributed by atoms with E-state index in [1.165, 1.54) is 23.5 Å². The lowest BCUT2D eigenvalue weighted by molar-refractivity contribution is 0.0983. The summed E-state index contributed by atoms with van der Waals surface area (Å²) in [6.45, 7) is 4.23. The Morgan fingerprint density at radius 1 is 1.15 bits per heavy atom. The highest BCUT2D eigenvalue weighted by Gasteiger charge is 2.23. The number of halogens is 1. The molecule has 0 aliphatic carbocycles. The van der Waals surface area contributed by atoms with E-state index in [9.17, 15) is 9.18 Å². The molecule has 1 amide bonds. The van der Waals surface area contributed by atoms with Crippen LogP contribution in [0.3, 0.4) is 0 Å². The SMILES string of the molecule is Cc1ccc(C(=O)N(Cc2ccco2)c2nc3ccc(F)cc3s2)cc1C. The molecular weight excluding hydrogens is 363 g/mol. The summed E-state index contributed by atoms with van der Waals surface area (Å²) in [6.07, 6.45) is 1.57. The summed E-state index contributed by atoms with van der Waals surface area (Å²) in [5.74, 6) is 0.155. The molecule has 2 heterocycles. The zero-order valence-electron chi connectivity index (χ0n) is 14.9. The standard InChI is InChI=1S/C21H17FN2O2S/c1-13-5-6-15(10-14(13)2)20(25)24(12-17-4-3-9-26-17)21-23-18-8-7-16(22)11-19(18)27-21/h3-11H,12H2,1-2H3. The number of amides is 1. The summed E-state index contributed by atoms with van der Waals surface area (Å²) in [6, 6.07) is 13.6. The van der Waals surface area contributed by atoms with Crippen molar-refractivity contribution in [2.75, 3.05) is 4.90 Å². The Balaban J connectivity index is 1.77. The lowest BCUT2D eigenvalue weighted by Gasteiger charge is -2.19. The molecule has 0 atom stereocenters. The number of benzene rings is 2. The molecule has 0 radical (unpaired) electrons. The molecule has 0 bridgehead atoms. The number of fused-ring (bicyclic) bond motifs is 1. The first-order chi connectivity index (χ1) is 13.0. The molecule has 4 aromatic rings. The second-order valence-corrected chi connectivity index (χ2v) is 7.39. The number of anilines is 1. The van der Waals surface area contributed by atoms with Crippen molar-refractivity contribution in [2.24, 2.45) is 0 Å². The van der Waals surface area contributed by atoms with Gasteiger partial charge < -0.3 is 4.42 Å². The molecule has 0 spiro atoms. The molecule has 27 heavy (non-hydrogen) atoms. The van der Waals surface area contributed by atoms with Gasteiger partial charge in [-0.2, -0.15) is 0 Å². The number of furan rings is 1. The van der Waals surface area contributed by atoms with Crippen LogP contribution < -0.4 is 4.90 Å². The van der Waals surface area contributed by atoms with Crippen LogP contribution >= 0.6 is 11.3 Å². The van der Waals surface area contributed by atoms with Gasteiger partial charge in [0, 0.05) is 5.56 Å². The summed E-state index contributed by atoms with van der Waals surface area (Å²) in [5, 5.41) is 0.509. The number of carbonyl (C=O) groups is 1. The fourth-order valence-corrected chi connectivity index (χ4v) is 3.80. The molecule has 6 heteroatoms. The van der Waals surface area contributed by atoms with Gasteiger partial charge >= 0.3 is 0 Å². The van der Waals surface area contributed by atoms with E-state index in [1.807, 2.05) is 38.1 Å². The molecule has 0 N–H and O–H groups in total. The zero-order chi connectivity index (χ0) is 19.0. The molecule has 0 unspecified atom stereocenters. The summed E-state index contributed by atoms with van der Waals surface area (Å²) < 4.78 is 19.7. The van der Waals surface area contributed by atoms with Crippen LogP contribution in [0.4, 0.5) is 9.52 Å². The van der Waals surface area contributed by atoms with Crippen LogP contribution in [0.25, 0.3) is 10.2 Å². The summed E-state index contributed by atoms with van der Waals surface area (Å²) in [4.78, 5) is 19.4. The minimum atomic E-state index is -0.323. The lowest BCUT2D eigenvalue weighted by atomic mass is 10.1. The second kappa shape index (κ2) is 6.96. The number of carbonyl (C=O) groups excluding carboxylic acids is 1. The summed E-state index contributed by atoms with van der Waals surface area (Å²) >= 11 is 1.28. The minimum Gasteiger partial charge on any atom is -0.467 e. The van der Waals surface area contributed by atoms with Crippen LogP contribution in [0.1, 0.15) is 27.2 Å². The van der Waals surface area contributed by atoms with Crippen LogP contribution in [0.15, 0.2) is 59.2 Å². The highest BCUT2D eigenvalue weighted by atomic mass is 32.1. The molecule has 0 aliphatic heterocycles. The van der Waals surface area contributed by atoms with Crippen molar-refractivity contribution in [3.63, 3.8) is 0 Å². The van der Waals surface area contributed by atoms with Crippen molar-refractivity contribution in [2.45, 2.75) is 20.4 Å². The highest BCUT2D eigenvalue weighted by Crippen LogP contribution is 2.31. The maximum absolute atomic E-state index is 13.5. The topological polar surface area (TPSA) is 46.3 Å². The monoisotopic (exact) mass is 380 g/mol. The van der Waals surface area contributed by atoms with E-state index in [0.29, 0.717) is 26.7 Å². The van der Waals surface area contributed by atoms with Crippen LogP contribution in [-0.4, -0.2) is 10.9 Å². The first-order valence-electron chi connectivity index (χ1n) is 8.49. The molecule has 0 saturated heterocycles. The van der Waals surface area contributed by atoms with Crippen LogP contribution in [-0.2, 0) is 6.54 Å². The van der Waals surface area contributed by atoms with Gasteiger partial charge in [0.15, 0.2) is 5.13 Å². The van der Waals surface area contributed by atoms with Gasteiger partial charge in [-0.1, -0.05) is 17.4 Å². The first kappa shape index (κ1) is 17.4. The van der Waals surface area contributed by atoms with Crippen LogP contribution in [0, 0.1) is 19.7 Å². The second-order valence-electron chi connectivity index (χ2n) is 6.38. The zero-order valence-corrected chi connectivity index (χ0v) is 15.7. The number of thiazole rings is 1. The molecule has 4 rings (SSSR count).